The molecule has 0 spiro atoms. The number of nitrogens with zero attached hydrogens (tertiary/aromatic N) is 2. The fourth-order valence-corrected chi connectivity index (χ4v) is 2.21. The van der Waals surface area contributed by atoms with Crippen molar-refractivity contribution in [2.24, 2.45) is 0 Å². The van der Waals surface area contributed by atoms with Crippen molar-refractivity contribution in [2.75, 3.05) is 5.73 Å². The van der Waals surface area contributed by atoms with Crippen LogP contribution in [0.4, 0.5) is 10.2 Å². The van der Waals surface area contributed by atoms with Crippen LogP contribution in [-0.4, -0.2) is 9.97 Å². The maximum atomic E-state index is 13.3. The lowest BCUT2D eigenvalue weighted by molar-refractivity contribution is 0.618. The van der Waals surface area contributed by atoms with Crippen molar-refractivity contribution in [3.05, 3.63) is 52.8 Å². The number of halogens is 2. The summed E-state index contributed by atoms with van der Waals surface area (Å²) in [6.07, 6.45) is 0. The van der Waals surface area contributed by atoms with Crippen LogP contribution in [0.5, 0.6) is 0 Å². The van der Waals surface area contributed by atoms with Crippen LogP contribution >= 0.6 is 11.6 Å². The smallest absolute Gasteiger partial charge is 0.162 e. The number of hydrogen-bond donors (Lipinski definition) is 1. The number of fused-ring (bicyclic) bond motifs is 1. The van der Waals surface area contributed by atoms with E-state index in [0.717, 1.165) is 10.9 Å². The van der Waals surface area contributed by atoms with Gasteiger partial charge in [0, 0.05) is 16.0 Å². The molecule has 0 aliphatic carbocycles. The predicted octanol–water partition coefficient (Wildman–Crippen LogP) is 3.98. The van der Waals surface area contributed by atoms with Crippen LogP contribution in [0.2, 0.25) is 5.02 Å². The third kappa shape index (κ3) is 2.18. The van der Waals surface area contributed by atoms with Crippen molar-refractivity contribution >= 4 is 28.3 Å². The van der Waals surface area contributed by atoms with Gasteiger partial charge < -0.3 is 5.73 Å². The largest absolute Gasteiger partial charge is 0.383 e. The Hall–Kier alpha value is -2.20. The van der Waals surface area contributed by atoms with Crippen molar-refractivity contribution in [1.82, 2.24) is 9.97 Å². The molecule has 5 heteroatoms. The maximum absolute atomic E-state index is 13.3. The Morgan fingerprint density at radius 1 is 1.10 bits per heavy atom. The number of anilines is 1. The average molecular weight is 288 g/mol. The Morgan fingerprint density at radius 3 is 2.65 bits per heavy atom. The number of nitrogen functional groups attached to an aromatic ring is 1. The molecule has 0 atom stereocenters. The van der Waals surface area contributed by atoms with Gasteiger partial charge in [0.2, 0.25) is 0 Å². The molecule has 20 heavy (non-hydrogen) atoms. The second-order valence-electron chi connectivity index (χ2n) is 4.56. The van der Waals surface area contributed by atoms with Crippen molar-refractivity contribution in [2.45, 2.75) is 6.92 Å². The Morgan fingerprint density at radius 2 is 1.90 bits per heavy atom. The number of benzene rings is 2. The van der Waals surface area contributed by atoms with Gasteiger partial charge in [-0.05, 0) is 48.9 Å². The summed E-state index contributed by atoms with van der Waals surface area (Å²) in [5.41, 5.74) is 7.87. The molecular formula is C15H11ClFN3. The second-order valence-corrected chi connectivity index (χ2v) is 4.99. The van der Waals surface area contributed by atoms with Crippen LogP contribution in [0.15, 0.2) is 36.4 Å². The standard InChI is InChI=1S/C15H11ClFN3/c1-8-6-9(2-5-12(8)17)15-19-13-7-10(16)3-4-11(13)14(18)20-15/h2-7H,1H3,(H2,18,19,20). The van der Waals surface area contributed by atoms with Crippen LogP contribution < -0.4 is 5.73 Å². The molecule has 0 amide bonds. The summed E-state index contributed by atoms with van der Waals surface area (Å²) in [6, 6.07) is 9.98. The Labute approximate surface area is 120 Å². The molecule has 0 bridgehead atoms. The lowest BCUT2D eigenvalue weighted by Crippen LogP contribution is -1.98. The summed E-state index contributed by atoms with van der Waals surface area (Å²) in [6.45, 7) is 1.69. The average Bonchev–Trinajstić information content (AvgIpc) is 2.41. The molecule has 1 heterocycles. The molecule has 0 aliphatic heterocycles. The minimum atomic E-state index is -0.259. The summed E-state index contributed by atoms with van der Waals surface area (Å²) in [5.74, 6) is 0.578. The molecule has 0 saturated heterocycles. The zero-order chi connectivity index (χ0) is 14.3. The second kappa shape index (κ2) is 4.72. The van der Waals surface area contributed by atoms with Gasteiger partial charge in [0.05, 0.1) is 5.52 Å². The summed E-state index contributed by atoms with van der Waals surface area (Å²) in [4.78, 5) is 8.71. The Bertz CT molecular complexity index is 818. The van der Waals surface area contributed by atoms with Crippen molar-refractivity contribution in [3.63, 3.8) is 0 Å². The zero-order valence-electron chi connectivity index (χ0n) is 10.7. The molecule has 3 nitrogen and oxygen atoms in total. The molecule has 1 aromatic heterocycles. The molecule has 0 aliphatic rings. The van der Waals surface area contributed by atoms with E-state index in [2.05, 4.69) is 9.97 Å². The minimum absolute atomic E-state index is 0.259. The molecule has 2 aromatic carbocycles. The molecule has 2 N–H and O–H groups in total. The molecule has 100 valence electrons. The zero-order valence-corrected chi connectivity index (χ0v) is 11.4. The minimum Gasteiger partial charge on any atom is -0.383 e. The quantitative estimate of drug-likeness (QED) is 0.736. The molecule has 3 aromatic rings. The van der Waals surface area contributed by atoms with E-state index < -0.39 is 0 Å². The number of rotatable bonds is 1. The summed E-state index contributed by atoms with van der Waals surface area (Å²) in [5, 5.41) is 1.33. The molecule has 0 saturated carbocycles. The summed E-state index contributed by atoms with van der Waals surface area (Å²) < 4.78 is 13.3. The first-order valence-corrected chi connectivity index (χ1v) is 6.42. The lowest BCUT2D eigenvalue weighted by Gasteiger charge is -2.07. The van der Waals surface area contributed by atoms with Crippen molar-refractivity contribution in [1.29, 1.82) is 0 Å². The van der Waals surface area contributed by atoms with Crippen LogP contribution in [-0.2, 0) is 0 Å². The summed E-state index contributed by atoms with van der Waals surface area (Å²) >= 11 is 5.96. The molecule has 3 rings (SSSR count). The van der Waals surface area contributed by atoms with Gasteiger partial charge in [-0.1, -0.05) is 11.6 Å². The van der Waals surface area contributed by atoms with Gasteiger partial charge in [-0.2, -0.15) is 0 Å². The van der Waals surface area contributed by atoms with Crippen molar-refractivity contribution in [3.8, 4) is 11.4 Å². The lowest BCUT2D eigenvalue weighted by atomic mass is 10.1. The first-order chi connectivity index (χ1) is 9.54. The fraction of sp³-hybridized carbons (Fsp3) is 0.0667. The molecule has 0 fully saturated rings. The van der Waals surface area contributed by atoms with E-state index in [1.165, 1.54) is 6.07 Å². The van der Waals surface area contributed by atoms with Crippen molar-refractivity contribution < 1.29 is 4.39 Å². The Balaban J connectivity index is 2.23. The third-order valence-electron chi connectivity index (χ3n) is 3.10. The van der Waals surface area contributed by atoms with Gasteiger partial charge in [-0.3, -0.25) is 0 Å². The van der Waals surface area contributed by atoms with Gasteiger partial charge >= 0.3 is 0 Å². The number of hydrogen-bond acceptors (Lipinski definition) is 3. The summed E-state index contributed by atoms with van der Waals surface area (Å²) in [7, 11) is 0. The van der Waals surface area contributed by atoms with E-state index >= 15 is 0 Å². The predicted molar refractivity (Wildman–Crippen MR) is 79.1 cm³/mol. The first kappa shape index (κ1) is 12.8. The van der Waals surface area contributed by atoms with E-state index in [0.29, 0.717) is 27.7 Å². The van der Waals surface area contributed by atoms with Gasteiger partial charge in [0.25, 0.3) is 0 Å². The number of nitrogens with two attached hydrogens (primary N) is 1. The Kier molecular flexibility index (Phi) is 3.03. The van der Waals surface area contributed by atoms with Gasteiger partial charge in [-0.15, -0.1) is 0 Å². The maximum Gasteiger partial charge on any atom is 0.162 e. The fourth-order valence-electron chi connectivity index (χ4n) is 2.04. The number of aryl methyl sites for hydroxylation is 1. The molecule has 0 unspecified atom stereocenters. The first-order valence-electron chi connectivity index (χ1n) is 6.04. The highest BCUT2D eigenvalue weighted by Gasteiger charge is 2.09. The van der Waals surface area contributed by atoms with E-state index in [-0.39, 0.29) is 5.82 Å². The van der Waals surface area contributed by atoms with E-state index in [9.17, 15) is 4.39 Å². The van der Waals surface area contributed by atoms with Crippen LogP contribution in [0.1, 0.15) is 5.56 Å². The topological polar surface area (TPSA) is 51.8 Å². The third-order valence-corrected chi connectivity index (χ3v) is 3.34. The highest BCUT2D eigenvalue weighted by molar-refractivity contribution is 6.31. The highest BCUT2D eigenvalue weighted by Crippen LogP contribution is 2.26. The van der Waals surface area contributed by atoms with Crippen LogP contribution in [0, 0.1) is 12.7 Å². The molecule has 0 radical (unpaired) electrons. The van der Waals surface area contributed by atoms with Crippen LogP contribution in [0.3, 0.4) is 0 Å². The van der Waals surface area contributed by atoms with E-state index in [1.807, 2.05) is 0 Å². The normalized spacial score (nSPS) is 10.9. The van der Waals surface area contributed by atoms with Crippen LogP contribution in [0.25, 0.3) is 22.3 Å². The van der Waals surface area contributed by atoms with E-state index in [1.54, 1.807) is 37.3 Å². The monoisotopic (exact) mass is 287 g/mol. The van der Waals surface area contributed by atoms with Gasteiger partial charge in [-0.25, -0.2) is 14.4 Å². The van der Waals surface area contributed by atoms with Gasteiger partial charge in [0.15, 0.2) is 5.82 Å². The van der Waals surface area contributed by atoms with Gasteiger partial charge in [0.1, 0.15) is 11.6 Å². The number of aromatic nitrogens is 2. The highest BCUT2D eigenvalue weighted by atomic mass is 35.5. The van der Waals surface area contributed by atoms with E-state index in [4.69, 9.17) is 17.3 Å². The molecular weight excluding hydrogens is 277 g/mol. The SMILES string of the molecule is Cc1cc(-c2nc(N)c3ccc(Cl)cc3n2)ccc1F.